The van der Waals surface area contributed by atoms with E-state index in [0.29, 0.717) is 13.0 Å². The fraction of sp³-hybridized carbons (Fsp3) is 0.500. The minimum absolute atomic E-state index is 0.469. The van der Waals surface area contributed by atoms with Gasteiger partial charge in [-0.15, -0.1) is 0 Å². The van der Waals surface area contributed by atoms with Crippen LogP contribution in [0, 0.1) is 0 Å². The summed E-state index contributed by atoms with van der Waals surface area (Å²) >= 11 is 0. The minimum atomic E-state index is -1.03. The number of nitrogens with two attached hydrogens (primary N) is 1. The summed E-state index contributed by atoms with van der Waals surface area (Å²) in [7, 11) is 0. The maximum Gasteiger partial charge on any atom is 0.325 e. The van der Waals surface area contributed by atoms with Crippen molar-refractivity contribution in [2.75, 3.05) is 19.6 Å². The molecule has 0 unspecified atom stereocenters. The van der Waals surface area contributed by atoms with Crippen LogP contribution in [0.5, 0.6) is 0 Å². The van der Waals surface area contributed by atoms with Crippen LogP contribution in [0.25, 0.3) is 0 Å². The molecule has 0 bridgehead atoms. The van der Waals surface area contributed by atoms with E-state index >= 15 is 0 Å². The first kappa shape index (κ1) is 13.1. The molecule has 4 nitrogen and oxygen atoms in total. The van der Waals surface area contributed by atoms with Gasteiger partial charge in [0, 0.05) is 13.1 Å². The number of carboxylic acid groups (broad SMARTS) is 1. The van der Waals surface area contributed by atoms with Crippen LogP contribution >= 0.6 is 0 Å². The average molecular weight is 248 g/mol. The Bertz CT molecular complexity index is 408. The molecule has 0 radical (unpaired) electrons. The SMILES string of the molecule is N[C@]1(C(=O)O)CCN(CCCc2ccccc2)C1. The first-order chi connectivity index (χ1) is 8.60. The molecule has 1 atom stereocenters. The first-order valence-electron chi connectivity index (χ1n) is 6.39. The van der Waals surface area contributed by atoms with Crippen molar-refractivity contribution in [3.8, 4) is 0 Å². The van der Waals surface area contributed by atoms with Crippen LogP contribution in [0.15, 0.2) is 30.3 Å². The topological polar surface area (TPSA) is 66.6 Å². The summed E-state index contributed by atoms with van der Waals surface area (Å²) in [6, 6.07) is 10.3. The molecular weight excluding hydrogens is 228 g/mol. The number of nitrogens with zero attached hydrogens (tertiary/aromatic N) is 1. The highest BCUT2D eigenvalue weighted by atomic mass is 16.4. The van der Waals surface area contributed by atoms with Gasteiger partial charge < -0.3 is 15.7 Å². The van der Waals surface area contributed by atoms with E-state index in [0.717, 1.165) is 25.9 Å². The third-order valence-corrected chi connectivity index (χ3v) is 3.59. The Kier molecular flexibility index (Phi) is 3.99. The van der Waals surface area contributed by atoms with E-state index in [1.54, 1.807) is 0 Å². The Morgan fingerprint density at radius 3 is 2.72 bits per heavy atom. The van der Waals surface area contributed by atoms with Crippen LogP contribution in [0.4, 0.5) is 0 Å². The number of carboxylic acids is 1. The summed E-state index contributed by atoms with van der Waals surface area (Å²) in [6.45, 7) is 2.18. The first-order valence-corrected chi connectivity index (χ1v) is 6.39. The second kappa shape index (κ2) is 5.50. The Balaban J connectivity index is 1.74. The fourth-order valence-electron chi connectivity index (χ4n) is 2.43. The predicted octanol–water partition coefficient (Wildman–Crippen LogP) is 1.11. The summed E-state index contributed by atoms with van der Waals surface area (Å²) < 4.78 is 0. The molecule has 1 saturated heterocycles. The number of likely N-dealkylation sites (tertiary alicyclic amines) is 1. The lowest BCUT2D eigenvalue weighted by atomic mass is 10.0. The Morgan fingerprint density at radius 1 is 1.39 bits per heavy atom. The van der Waals surface area contributed by atoms with Gasteiger partial charge >= 0.3 is 5.97 Å². The van der Waals surface area contributed by atoms with Crippen molar-refractivity contribution in [2.24, 2.45) is 5.73 Å². The van der Waals surface area contributed by atoms with E-state index in [1.165, 1.54) is 5.56 Å². The van der Waals surface area contributed by atoms with E-state index < -0.39 is 11.5 Å². The summed E-state index contributed by atoms with van der Waals surface area (Å²) in [5, 5.41) is 9.04. The predicted molar refractivity (Wildman–Crippen MR) is 70.4 cm³/mol. The molecule has 0 aromatic heterocycles. The van der Waals surface area contributed by atoms with Gasteiger partial charge in [-0.3, -0.25) is 4.79 Å². The molecule has 1 heterocycles. The summed E-state index contributed by atoms with van der Waals surface area (Å²) in [6.07, 6.45) is 2.62. The molecule has 1 aromatic carbocycles. The molecule has 0 amide bonds. The number of aryl methyl sites for hydroxylation is 1. The second-order valence-electron chi connectivity index (χ2n) is 5.08. The van der Waals surface area contributed by atoms with Gasteiger partial charge in [-0.1, -0.05) is 30.3 Å². The minimum Gasteiger partial charge on any atom is -0.480 e. The molecule has 2 rings (SSSR count). The standard InChI is InChI=1S/C14H20N2O2/c15-14(13(17)18)8-10-16(11-14)9-4-7-12-5-2-1-3-6-12/h1-3,5-6H,4,7-11,15H2,(H,17,18)/t14-/m1/s1. The van der Waals surface area contributed by atoms with Crippen molar-refractivity contribution in [3.05, 3.63) is 35.9 Å². The third-order valence-electron chi connectivity index (χ3n) is 3.59. The molecule has 0 saturated carbocycles. The fourth-order valence-corrected chi connectivity index (χ4v) is 2.43. The molecular formula is C14H20N2O2. The number of hydrogen-bond donors (Lipinski definition) is 2. The van der Waals surface area contributed by atoms with Crippen LogP contribution in [-0.2, 0) is 11.2 Å². The van der Waals surface area contributed by atoms with Gasteiger partial charge in [-0.2, -0.15) is 0 Å². The van der Waals surface area contributed by atoms with Gasteiger partial charge in [0.2, 0.25) is 0 Å². The molecule has 0 spiro atoms. The van der Waals surface area contributed by atoms with Gasteiger partial charge in [0.15, 0.2) is 0 Å². The third kappa shape index (κ3) is 3.09. The molecule has 18 heavy (non-hydrogen) atoms. The highest BCUT2D eigenvalue weighted by molar-refractivity contribution is 5.79. The van der Waals surface area contributed by atoms with E-state index in [1.807, 2.05) is 18.2 Å². The van der Waals surface area contributed by atoms with Gasteiger partial charge in [-0.05, 0) is 31.4 Å². The number of hydrogen-bond acceptors (Lipinski definition) is 3. The monoisotopic (exact) mass is 248 g/mol. The smallest absolute Gasteiger partial charge is 0.325 e. The quantitative estimate of drug-likeness (QED) is 0.819. The largest absolute Gasteiger partial charge is 0.480 e. The normalized spacial score (nSPS) is 24.3. The van der Waals surface area contributed by atoms with Gasteiger partial charge in [0.25, 0.3) is 0 Å². The highest BCUT2D eigenvalue weighted by Gasteiger charge is 2.40. The van der Waals surface area contributed by atoms with Crippen molar-refractivity contribution < 1.29 is 9.90 Å². The second-order valence-corrected chi connectivity index (χ2v) is 5.08. The van der Waals surface area contributed by atoms with Crippen LogP contribution in [-0.4, -0.2) is 41.1 Å². The maximum atomic E-state index is 11.0. The van der Waals surface area contributed by atoms with Crippen molar-refractivity contribution in [1.82, 2.24) is 4.90 Å². The average Bonchev–Trinajstić information content (AvgIpc) is 2.74. The molecule has 3 N–H and O–H groups in total. The van der Waals surface area contributed by atoms with Crippen molar-refractivity contribution in [1.29, 1.82) is 0 Å². The van der Waals surface area contributed by atoms with Gasteiger partial charge in [-0.25, -0.2) is 0 Å². The number of rotatable bonds is 5. The molecule has 4 heteroatoms. The van der Waals surface area contributed by atoms with Crippen LogP contribution in [0.3, 0.4) is 0 Å². The number of benzene rings is 1. The van der Waals surface area contributed by atoms with Gasteiger partial charge in [0.05, 0.1) is 0 Å². The van der Waals surface area contributed by atoms with Gasteiger partial charge in [0.1, 0.15) is 5.54 Å². The molecule has 98 valence electrons. The number of aliphatic carboxylic acids is 1. The molecule has 1 aliphatic rings. The van der Waals surface area contributed by atoms with Crippen molar-refractivity contribution in [3.63, 3.8) is 0 Å². The Morgan fingerprint density at radius 2 is 2.11 bits per heavy atom. The summed E-state index contributed by atoms with van der Waals surface area (Å²) in [4.78, 5) is 13.2. The van der Waals surface area contributed by atoms with Crippen LogP contribution < -0.4 is 5.73 Å². The molecule has 0 aliphatic carbocycles. The summed E-state index contributed by atoms with van der Waals surface area (Å²) in [5.74, 6) is -0.881. The molecule has 1 fully saturated rings. The Labute approximate surface area is 107 Å². The van der Waals surface area contributed by atoms with E-state index in [9.17, 15) is 4.79 Å². The maximum absolute atomic E-state index is 11.0. The highest BCUT2D eigenvalue weighted by Crippen LogP contribution is 2.19. The Hall–Kier alpha value is -1.39. The zero-order valence-electron chi connectivity index (χ0n) is 10.5. The van der Waals surface area contributed by atoms with Crippen LogP contribution in [0.1, 0.15) is 18.4 Å². The summed E-state index contributed by atoms with van der Waals surface area (Å²) in [5.41, 5.74) is 6.13. The van der Waals surface area contributed by atoms with E-state index in [4.69, 9.17) is 10.8 Å². The van der Waals surface area contributed by atoms with Crippen molar-refractivity contribution >= 4 is 5.97 Å². The van der Waals surface area contributed by atoms with Crippen LogP contribution in [0.2, 0.25) is 0 Å². The van der Waals surface area contributed by atoms with E-state index in [2.05, 4.69) is 17.0 Å². The lowest BCUT2D eigenvalue weighted by Crippen LogP contribution is -2.50. The lowest BCUT2D eigenvalue weighted by Gasteiger charge is -2.19. The van der Waals surface area contributed by atoms with E-state index in [-0.39, 0.29) is 0 Å². The molecule has 1 aliphatic heterocycles. The lowest BCUT2D eigenvalue weighted by molar-refractivity contribution is -0.142. The zero-order valence-corrected chi connectivity index (χ0v) is 10.5. The van der Waals surface area contributed by atoms with Crippen molar-refractivity contribution in [2.45, 2.75) is 24.8 Å². The molecule has 1 aromatic rings. The zero-order chi connectivity index (χ0) is 13.0. The number of carbonyl (C=O) groups is 1.